The number of rotatable bonds is 3. The van der Waals surface area contributed by atoms with Gasteiger partial charge in [-0.25, -0.2) is 0 Å². The van der Waals surface area contributed by atoms with E-state index in [1.807, 2.05) is 12.3 Å². The summed E-state index contributed by atoms with van der Waals surface area (Å²) in [5.74, 6) is 0.317. The molecule has 1 nitrogen and oxygen atoms in total. The number of nitrogens with zero attached hydrogens (tertiary/aromatic N) is 1. The van der Waals surface area contributed by atoms with Crippen LogP contribution in [0.1, 0.15) is 45.2 Å². The summed E-state index contributed by atoms with van der Waals surface area (Å²) in [5, 5.41) is 0. The molecule has 0 fully saturated rings. The molecule has 0 aliphatic heterocycles. The monoisotopic (exact) mass is 483 g/mol. The van der Waals surface area contributed by atoms with E-state index >= 15 is 0 Å². The van der Waals surface area contributed by atoms with Crippen molar-refractivity contribution in [1.29, 1.82) is 0 Å². The van der Waals surface area contributed by atoms with Gasteiger partial charge in [-0.3, -0.25) is 4.98 Å². The average Bonchev–Trinajstić information content (AvgIpc) is 3.50. The maximum Gasteiger partial charge on any atom is 0.0708 e. The van der Waals surface area contributed by atoms with Gasteiger partial charge in [-0.15, -0.1) is 0 Å². The van der Waals surface area contributed by atoms with E-state index < -0.39 is 0 Å². The molecule has 0 saturated carbocycles. The standard InChI is InChI=1S/C37H25N/c1-5-16-28-24(12-1)25-13-2-6-17-29(25)35(28)32-20-11-21-33(37(32)34-22-9-10-23-38-34)36-30-18-7-3-14-26(30)27-15-4-8-19-31(27)36/h1-23,35-36H. The Balaban J connectivity index is 1.44. The van der Waals surface area contributed by atoms with Crippen molar-refractivity contribution in [2.75, 3.05) is 0 Å². The molecule has 38 heavy (non-hydrogen) atoms. The topological polar surface area (TPSA) is 12.9 Å². The Bertz CT molecular complexity index is 1630. The van der Waals surface area contributed by atoms with Crippen LogP contribution < -0.4 is 0 Å². The molecule has 0 spiro atoms. The second-order valence-corrected chi connectivity index (χ2v) is 10.2. The van der Waals surface area contributed by atoms with Gasteiger partial charge in [0.2, 0.25) is 0 Å². The van der Waals surface area contributed by atoms with Crippen LogP contribution in [-0.4, -0.2) is 4.98 Å². The molecule has 2 aliphatic rings. The molecule has 0 bridgehead atoms. The quantitative estimate of drug-likeness (QED) is 0.244. The Morgan fingerprint density at radius 2 is 0.711 bits per heavy atom. The van der Waals surface area contributed by atoms with Crippen molar-refractivity contribution >= 4 is 0 Å². The summed E-state index contributed by atoms with van der Waals surface area (Å²) in [6.45, 7) is 0. The second kappa shape index (κ2) is 8.39. The van der Waals surface area contributed by atoms with E-state index in [-0.39, 0.29) is 11.8 Å². The number of aromatic nitrogens is 1. The van der Waals surface area contributed by atoms with Crippen LogP contribution in [0.4, 0.5) is 0 Å². The molecule has 0 N–H and O–H groups in total. The first kappa shape index (κ1) is 21.3. The van der Waals surface area contributed by atoms with E-state index in [1.165, 1.54) is 61.2 Å². The van der Waals surface area contributed by atoms with E-state index in [1.54, 1.807) is 0 Å². The summed E-state index contributed by atoms with van der Waals surface area (Å²) in [6.07, 6.45) is 1.92. The minimum absolute atomic E-state index is 0.159. The molecule has 6 aromatic rings. The highest BCUT2D eigenvalue weighted by atomic mass is 14.7. The van der Waals surface area contributed by atoms with Gasteiger partial charge in [-0.1, -0.05) is 121 Å². The summed E-state index contributed by atoms with van der Waals surface area (Å²) < 4.78 is 0. The van der Waals surface area contributed by atoms with Crippen LogP contribution in [0.3, 0.4) is 0 Å². The molecule has 2 aliphatic carbocycles. The Labute approximate surface area is 223 Å². The fraction of sp³-hybridized carbons (Fsp3) is 0.0541. The molecule has 1 aromatic heterocycles. The fourth-order valence-electron chi connectivity index (χ4n) is 6.86. The van der Waals surface area contributed by atoms with Crippen molar-refractivity contribution in [1.82, 2.24) is 4.98 Å². The van der Waals surface area contributed by atoms with E-state index in [0.717, 1.165) is 5.69 Å². The van der Waals surface area contributed by atoms with Gasteiger partial charge >= 0.3 is 0 Å². The van der Waals surface area contributed by atoms with Crippen LogP contribution in [0.2, 0.25) is 0 Å². The number of benzene rings is 5. The van der Waals surface area contributed by atoms with Crippen molar-refractivity contribution in [2.45, 2.75) is 11.8 Å². The van der Waals surface area contributed by atoms with Gasteiger partial charge in [0.05, 0.1) is 5.69 Å². The van der Waals surface area contributed by atoms with Gasteiger partial charge in [-0.05, 0) is 67.8 Å². The first-order valence-corrected chi connectivity index (χ1v) is 13.3. The summed E-state index contributed by atoms with van der Waals surface area (Å²) >= 11 is 0. The van der Waals surface area contributed by atoms with Gasteiger partial charge < -0.3 is 0 Å². The smallest absolute Gasteiger partial charge is 0.0708 e. The largest absolute Gasteiger partial charge is 0.256 e. The van der Waals surface area contributed by atoms with Crippen molar-refractivity contribution in [3.63, 3.8) is 0 Å². The number of fused-ring (bicyclic) bond motifs is 6. The Morgan fingerprint density at radius 3 is 1.11 bits per heavy atom. The maximum absolute atomic E-state index is 4.94. The van der Waals surface area contributed by atoms with Crippen molar-refractivity contribution in [3.8, 4) is 33.5 Å². The first-order valence-electron chi connectivity index (χ1n) is 13.3. The maximum atomic E-state index is 4.94. The molecule has 5 aromatic carbocycles. The highest BCUT2D eigenvalue weighted by Gasteiger charge is 2.35. The van der Waals surface area contributed by atoms with E-state index in [4.69, 9.17) is 4.98 Å². The van der Waals surface area contributed by atoms with E-state index in [0.29, 0.717) is 0 Å². The molecular weight excluding hydrogens is 458 g/mol. The Morgan fingerprint density at radius 1 is 0.342 bits per heavy atom. The molecule has 1 heterocycles. The molecule has 178 valence electrons. The average molecular weight is 484 g/mol. The van der Waals surface area contributed by atoms with Crippen LogP contribution in [0.5, 0.6) is 0 Å². The summed E-state index contributed by atoms with van der Waals surface area (Å²) in [4.78, 5) is 4.94. The Hall–Kier alpha value is -4.75. The highest BCUT2D eigenvalue weighted by molar-refractivity contribution is 5.86. The summed E-state index contributed by atoms with van der Waals surface area (Å²) in [5.41, 5.74) is 15.7. The minimum atomic E-state index is 0.159. The molecule has 0 radical (unpaired) electrons. The first-order chi connectivity index (χ1) is 18.9. The number of hydrogen-bond donors (Lipinski definition) is 0. The fourth-order valence-corrected chi connectivity index (χ4v) is 6.86. The van der Waals surface area contributed by atoms with Crippen LogP contribution in [0, 0.1) is 0 Å². The van der Waals surface area contributed by atoms with E-state index in [9.17, 15) is 0 Å². The predicted octanol–water partition coefficient (Wildman–Crippen LogP) is 9.07. The third-order valence-electron chi connectivity index (χ3n) is 8.34. The number of hydrogen-bond acceptors (Lipinski definition) is 1. The van der Waals surface area contributed by atoms with Gasteiger partial charge in [0.25, 0.3) is 0 Å². The zero-order valence-corrected chi connectivity index (χ0v) is 20.9. The summed E-state index contributed by atoms with van der Waals surface area (Å²) in [6, 6.07) is 48.7. The molecule has 0 amide bonds. The molecular formula is C37H25N. The van der Waals surface area contributed by atoms with Gasteiger partial charge in [0.15, 0.2) is 0 Å². The molecule has 1 heteroatoms. The lowest BCUT2D eigenvalue weighted by Crippen LogP contribution is -2.08. The molecule has 0 saturated heterocycles. The molecule has 0 unspecified atom stereocenters. The third-order valence-corrected chi connectivity index (χ3v) is 8.34. The molecule has 8 rings (SSSR count). The highest BCUT2D eigenvalue weighted by Crippen LogP contribution is 2.54. The van der Waals surface area contributed by atoms with Crippen molar-refractivity contribution in [2.24, 2.45) is 0 Å². The minimum Gasteiger partial charge on any atom is -0.256 e. The van der Waals surface area contributed by atoms with Crippen LogP contribution >= 0.6 is 0 Å². The Kier molecular flexibility index (Phi) is 4.72. The lowest BCUT2D eigenvalue weighted by Gasteiger charge is -2.25. The normalized spacial score (nSPS) is 13.6. The van der Waals surface area contributed by atoms with Crippen molar-refractivity contribution in [3.05, 3.63) is 173 Å². The van der Waals surface area contributed by atoms with Gasteiger partial charge in [0.1, 0.15) is 0 Å². The SMILES string of the molecule is c1ccc(-c2c(C3c4ccccc4-c4ccccc43)cccc2C2c3ccccc3-c3ccccc32)nc1. The lowest BCUT2D eigenvalue weighted by molar-refractivity contribution is 0.973. The second-order valence-electron chi connectivity index (χ2n) is 10.2. The zero-order valence-electron chi connectivity index (χ0n) is 20.9. The lowest BCUT2D eigenvalue weighted by atomic mass is 9.78. The van der Waals surface area contributed by atoms with Gasteiger partial charge in [0, 0.05) is 23.6 Å². The molecule has 0 atom stereocenters. The third kappa shape index (κ3) is 3.02. The van der Waals surface area contributed by atoms with Crippen LogP contribution in [-0.2, 0) is 0 Å². The van der Waals surface area contributed by atoms with Gasteiger partial charge in [-0.2, -0.15) is 0 Å². The summed E-state index contributed by atoms with van der Waals surface area (Å²) in [7, 11) is 0. The van der Waals surface area contributed by atoms with Crippen molar-refractivity contribution < 1.29 is 0 Å². The van der Waals surface area contributed by atoms with E-state index in [2.05, 4.69) is 127 Å². The van der Waals surface area contributed by atoms with Crippen LogP contribution in [0.25, 0.3) is 33.5 Å². The predicted molar refractivity (Wildman–Crippen MR) is 155 cm³/mol. The number of pyridine rings is 1. The zero-order chi connectivity index (χ0) is 25.1. The van der Waals surface area contributed by atoms with Crippen LogP contribution in [0.15, 0.2) is 140 Å².